The first-order chi connectivity index (χ1) is 16.3. The van der Waals surface area contributed by atoms with Gasteiger partial charge in [-0.15, -0.1) is 0 Å². The van der Waals surface area contributed by atoms with E-state index in [9.17, 15) is 14.7 Å². The lowest BCUT2D eigenvalue weighted by molar-refractivity contribution is -0.117. The van der Waals surface area contributed by atoms with Crippen LogP contribution in [-0.2, 0) is 4.79 Å². The zero-order valence-corrected chi connectivity index (χ0v) is 19.9. The monoisotopic (exact) mass is 474 g/mol. The molecule has 0 saturated heterocycles. The van der Waals surface area contributed by atoms with Crippen molar-refractivity contribution in [2.75, 3.05) is 12.0 Å². The van der Waals surface area contributed by atoms with Gasteiger partial charge in [-0.1, -0.05) is 29.5 Å². The smallest absolute Gasteiger partial charge is 0.296 e. The first-order valence-corrected chi connectivity index (χ1v) is 11.5. The van der Waals surface area contributed by atoms with Gasteiger partial charge in [-0.2, -0.15) is 0 Å². The number of thiazole rings is 1. The second-order valence-corrected chi connectivity index (χ2v) is 9.29. The van der Waals surface area contributed by atoms with Gasteiger partial charge in [0.05, 0.1) is 28.9 Å². The number of aromatic nitrogens is 1. The molecule has 3 heterocycles. The Bertz CT molecular complexity index is 1500. The van der Waals surface area contributed by atoms with Gasteiger partial charge in [-0.25, -0.2) is 4.98 Å². The largest absolute Gasteiger partial charge is 0.503 e. The van der Waals surface area contributed by atoms with Crippen LogP contribution in [0, 0.1) is 20.8 Å². The van der Waals surface area contributed by atoms with Crippen molar-refractivity contribution in [2.24, 2.45) is 0 Å². The van der Waals surface area contributed by atoms with Crippen LogP contribution in [0.2, 0.25) is 0 Å². The number of nitrogens with zero attached hydrogens (tertiary/aromatic N) is 2. The van der Waals surface area contributed by atoms with Crippen molar-refractivity contribution >= 4 is 38.4 Å². The number of Topliss-reactive ketones (excluding diaryl/α,β-unsaturated/α-hetero) is 1. The maximum Gasteiger partial charge on any atom is 0.296 e. The summed E-state index contributed by atoms with van der Waals surface area (Å²) < 4.78 is 11.8. The number of carbonyl (C=O) groups excluding carboxylic acids is 2. The van der Waals surface area contributed by atoms with Gasteiger partial charge < -0.3 is 14.3 Å². The molecule has 1 atom stereocenters. The number of methoxy groups -OCH3 is 1. The molecule has 8 heteroatoms. The summed E-state index contributed by atoms with van der Waals surface area (Å²) in [6.45, 7) is 5.69. The Balaban J connectivity index is 1.70. The predicted molar refractivity (Wildman–Crippen MR) is 130 cm³/mol. The zero-order chi connectivity index (χ0) is 24.1. The molecule has 1 aliphatic rings. The number of aryl methyl sites for hydroxylation is 3. The topological polar surface area (TPSA) is 92.9 Å². The summed E-state index contributed by atoms with van der Waals surface area (Å²) in [4.78, 5) is 33.0. The molecule has 1 amide bonds. The van der Waals surface area contributed by atoms with E-state index in [2.05, 4.69) is 0 Å². The molecule has 0 bridgehead atoms. The van der Waals surface area contributed by atoms with Crippen molar-refractivity contribution in [3.8, 4) is 5.75 Å². The Morgan fingerprint density at radius 1 is 1.15 bits per heavy atom. The fourth-order valence-electron chi connectivity index (χ4n) is 4.31. The third-order valence-corrected chi connectivity index (χ3v) is 6.85. The number of aliphatic hydroxyl groups excluding tert-OH is 1. The van der Waals surface area contributed by atoms with E-state index in [1.165, 1.54) is 22.3 Å². The lowest BCUT2D eigenvalue weighted by Gasteiger charge is -2.24. The summed E-state index contributed by atoms with van der Waals surface area (Å²) in [5.41, 5.74) is 3.41. The number of benzene rings is 2. The molecule has 2 aromatic carbocycles. The van der Waals surface area contributed by atoms with Gasteiger partial charge in [0.15, 0.2) is 16.7 Å². The number of fused-ring (bicyclic) bond motifs is 1. The molecule has 1 aliphatic heterocycles. The predicted octanol–water partition coefficient (Wildman–Crippen LogP) is 5.61. The molecule has 0 aliphatic carbocycles. The van der Waals surface area contributed by atoms with Crippen molar-refractivity contribution in [1.82, 2.24) is 4.98 Å². The summed E-state index contributed by atoms with van der Waals surface area (Å²) in [6, 6.07) is 13.4. The van der Waals surface area contributed by atoms with E-state index in [1.54, 1.807) is 44.4 Å². The van der Waals surface area contributed by atoms with E-state index < -0.39 is 23.5 Å². The normalized spacial score (nSPS) is 16.1. The molecule has 0 radical (unpaired) electrons. The lowest BCUT2D eigenvalue weighted by Crippen LogP contribution is -2.31. The first kappa shape index (κ1) is 21.9. The van der Waals surface area contributed by atoms with Crippen LogP contribution in [0.1, 0.15) is 39.0 Å². The van der Waals surface area contributed by atoms with Gasteiger partial charge in [0, 0.05) is 0 Å². The van der Waals surface area contributed by atoms with Crippen LogP contribution in [0.15, 0.2) is 64.3 Å². The Morgan fingerprint density at radius 2 is 1.94 bits per heavy atom. The van der Waals surface area contributed by atoms with E-state index in [-0.39, 0.29) is 11.3 Å². The number of amides is 1. The molecular weight excluding hydrogens is 452 g/mol. The highest BCUT2D eigenvalue weighted by Crippen LogP contribution is 2.45. The molecule has 7 nitrogen and oxygen atoms in total. The minimum Gasteiger partial charge on any atom is -0.503 e. The number of rotatable bonds is 5. The maximum absolute atomic E-state index is 13.5. The highest BCUT2D eigenvalue weighted by atomic mass is 32.1. The molecule has 0 unspecified atom stereocenters. The van der Waals surface area contributed by atoms with Gasteiger partial charge in [-0.3, -0.25) is 14.5 Å². The van der Waals surface area contributed by atoms with Crippen LogP contribution >= 0.6 is 11.3 Å². The fourth-order valence-corrected chi connectivity index (χ4v) is 5.48. The summed E-state index contributed by atoms with van der Waals surface area (Å²) >= 11 is 1.34. The van der Waals surface area contributed by atoms with E-state index in [4.69, 9.17) is 14.1 Å². The number of anilines is 1. The van der Waals surface area contributed by atoms with Crippen molar-refractivity contribution in [3.05, 3.63) is 88.1 Å². The first-order valence-electron chi connectivity index (χ1n) is 10.7. The zero-order valence-electron chi connectivity index (χ0n) is 19.1. The van der Waals surface area contributed by atoms with Crippen LogP contribution in [-0.4, -0.2) is 28.9 Å². The molecule has 1 N–H and O–H groups in total. The Hall–Kier alpha value is -3.91. The quantitative estimate of drug-likeness (QED) is 0.378. The highest BCUT2D eigenvalue weighted by Gasteiger charge is 2.46. The van der Waals surface area contributed by atoms with Gasteiger partial charge in [0.1, 0.15) is 11.5 Å². The third-order valence-electron chi connectivity index (χ3n) is 5.85. The van der Waals surface area contributed by atoms with E-state index in [0.29, 0.717) is 22.2 Å². The molecule has 4 aromatic rings. The van der Waals surface area contributed by atoms with Gasteiger partial charge in [0.25, 0.3) is 5.91 Å². The van der Waals surface area contributed by atoms with E-state index >= 15 is 0 Å². The number of carbonyl (C=O) groups is 2. The fraction of sp³-hybridized carbons (Fsp3) is 0.192. The average Bonchev–Trinajstić information content (AvgIpc) is 3.50. The van der Waals surface area contributed by atoms with E-state index in [1.807, 2.05) is 26.0 Å². The summed E-state index contributed by atoms with van der Waals surface area (Å²) in [7, 11) is 1.54. The number of hydrogen-bond donors (Lipinski definition) is 1. The minimum atomic E-state index is -0.900. The van der Waals surface area contributed by atoms with Crippen LogP contribution in [0.25, 0.3) is 10.2 Å². The molecule has 172 valence electrons. The summed E-state index contributed by atoms with van der Waals surface area (Å²) in [5, 5.41) is 11.3. The molecule has 34 heavy (non-hydrogen) atoms. The van der Waals surface area contributed by atoms with Crippen LogP contribution < -0.4 is 9.64 Å². The number of ketones is 1. The molecule has 0 spiro atoms. The second-order valence-electron chi connectivity index (χ2n) is 8.28. The molecule has 2 aromatic heterocycles. The number of hydrogen-bond acceptors (Lipinski definition) is 7. The third kappa shape index (κ3) is 3.47. The van der Waals surface area contributed by atoms with Gasteiger partial charge in [-0.05, 0) is 67.8 Å². The van der Waals surface area contributed by atoms with E-state index in [0.717, 1.165) is 21.3 Å². The summed E-state index contributed by atoms with van der Waals surface area (Å²) in [5.74, 6) is -0.682. The van der Waals surface area contributed by atoms with Gasteiger partial charge >= 0.3 is 0 Å². The Morgan fingerprint density at radius 3 is 2.65 bits per heavy atom. The Labute approximate surface area is 199 Å². The van der Waals surface area contributed by atoms with Crippen LogP contribution in [0.5, 0.6) is 5.75 Å². The van der Waals surface area contributed by atoms with Crippen molar-refractivity contribution in [2.45, 2.75) is 26.8 Å². The SMILES string of the molecule is COc1cccc([C@@H]2C(C(=O)c3ccc(C)o3)=C(O)C(=O)N2c2nc3c(C)cc(C)cc3s2)c1. The molecule has 0 saturated carbocycles. The van der Waals surface area contributed by atoms with Crippen molar-refractivity contribution in [1.29, 1.82) is 0 Å². The van der Waals surface area contributed by atoms with Crippen LogP contribution in [0.3, 0.4) is 0 Å². The molecular formula is C26H22N2O5S. The van der Waals surface area contributed by atoms with Crippen molar-refractivity contribution < 1.29 is 23.8 Å². The Kier molecular flexibility index (Phi) is 5.25. The molecule has 5 rings (SSSR count). The maximum atomic E-state index is 13.5. The van der Waals surface area contributed by atoms with Crippen molar-refractivity contribution in [3.63, 3.8) is 0 Å². The van der Waals surface area contributed by atoms with Gasteiger partial charge in [0.2, 0.25) is 5.78 Å². The van der Waals surface area contributed by atoms with Crippen LogP contribution in [0.4, 0.5) is 5.13 Å². The number of aliphatic hydroxyl groups is 1. The average molecular weight is 475 g/mol. The second kappa shape index (κ2) is 8.14. The minimum absolute atomic E-state index is 0.0531. The number of furan rings is 1. The highest BCUT2D eigenvalue weighted by molar-refractivity contribution is 7.22. The number of ether oxygens (including phenoxy) is 1. The standard InChI is InChI=1S/C26H22N2O5S/c1-13-10-14(2)21-19(11-13)34-26(27-21)28-22(16-6-5-7-17(12-16)32-4)20(24(30)25(28)31)23(29)18-9-8-15(3)33-18/h5-12,22,30H,1-4H3/t22-/m1/s1. The lowest BCUT2D eigenvalue weighted by atomic mass is 9.95. The summed E-state index contributed by atoms with van der Waals surface area (Å²) in [6.07, 6.45) is 0. The molecule has 0 fully saturated rings.